The van der Waals surface area contributed by atoms with Gasteiger partial charge in [-0.2, -0.15) is 0 Å². The molecule has 1 aliphatic heterocycles. The summed E-state index contributed by atoms with van der Waals surface area (Å²) in [5.74, 6) is -0.0424. The Morgan fingerprint density at radius 3 is 2.48 bits per heavy atom. The van der Waals surface area contributed by atoms with E-state index in [2.05, 4.69) is 10.6 Å². The molecule has 130 valence electrons. The van der Waals surface area contributed by atoms with Crippen LogP contribution in [0.25, 0.3) is 0 Å². The number of carbonyl (C=O) groups excluding carboxylic acids is 3. The van der Waals surface area contributed by atoms with Crippen molar-refractivity contribution in [3.63, 3.8) is 0 Å². The van der Waals surface area contributed by atoms with Crippen LogP contribution in [0.2, 0.25) is 0 Å². The van der Waals surface area contributed by atoms with Gasteiger partial charge in [-0.25, -0.2) is 4.79 Å². The van der Waals surface area contributed by atoms with E-state index in [9.17, 15) is 14.4 Å². The first kappa shape index (κ1) is 16.8. The average molecular weight is 341 g/mol. The Morgan fingerprint density at radius 1 is 1.12 bits per heavy atom. The van der Waals surface area contributed by atoms with Crippen LogP contribution in [0.1, 0.15) is 47.2 Å². The Hall–Kier alpha value is -3.09. The van der Waals surface area contributed by atoms with Crippen LogP contribution < -0.4 is 10.6 Å². The highest BCUT2D eigenvalue weighted by molar-refractivity contribution is 6.22. The van der Waals surface area contributed by atoms with E-state index >= 15 is 0 Å². The molecule has 0 saturated carbocycles. The molecule has 0 unspecified atom stereocenters. The van der Waals surface area contributed by atoms with Crippen molar-refractivity contribution >= 4 is 23.5 Å². The van der Waals surface area contributed by atoms with Crippen molar-refractivity contribution in [2.45, 2.75) is 32.9 Å². The number of hydrogen-bond acceptors (Lipinski definition) is 4. The minimum atomic E-state index is -0.610. The Labute approximate surface area is 145 Å². The molecule has 0 aliphatic carbocycles. The fourth-order valence-electron chi connectivity index (χ4n) is 2.68. The van der Waals surface area contributed by atoms with Crippen LogP contribution >= 0.6 is 0 Å². The number of fused-ring (bicyclic) bond motifs is 1. The van der Waals surface area contributed by atoms with Crippen LogP contribution in [0.3, 0.4) is 0 Å². The van der Waals surface area contributed by atoms with Gasteiger partial charge in [0, 0.05) is 11.2 Å². The number of hydrogen-bond donors (Lipinski definition) is 2. The maximum atomic E-state index is 12.5. The van der Waals surface area contributed by atoms with Gasteiger partial charge in [0.1, 0.15) is 5.76 Å². The zero-order valence-corrected chi connectivity index (χ0v) is 14.3. The first-order valence-electron chi connectivity index (χ1n) is 7.87. The molecular formula is C18H19N3O4. The fourth-order valence-corrected chi connectivity index (χ4v) is 2.68. The molecule has 1 aromatic heterocycles. The van der Waals surface area contributed by atoms with Crippen molar-refractivity contribution in [1.82, 2.24) is 10.2 Å². The Balaban J connectivity index is 1.72. The van der Waals surface area contributed by atoms with Crippen LogP contribution in [0.15, 0.2) is 41.0 Å². The van der Waals surface area contributed by atoms with E-state index < -0.39 is 11.6 Å². The molecule has 3 rings (SSSR count). The highest BCUT2D eigenvalue weighted by Gasteiger charge is 2.41. The number of nitrogens with zero attached hydrogens (tertiary/aromatic N) is 1. The molecule has 7 heteroatoms. The molecule has 7 nitrogen and oxygen atoms in total. The van der Waals surface area contributed by atoms with E-state index in [1.165, 1.54) is 17.2 Å². The van der Waals surface area contributed by atoms with Crippen LogP contribution in [0, 0.1) is 0 Å². The van der Waals surface area contributed by atoms with Crippen LogP contribution in [0.4, 0.5) is 10.5 Å². The standard InChI is InChI=1S/C18H19N3O4/c1-18(2,3)21-15(22)13-7-6-11(9-14(13)16(21)23)20-17(24)19-10-12-5-4-8-25-12/h4-9H,10H2,1-3H3,(H2,19,20,24). The quantitative estimate of drug-likeness (QED) is 0.840. The molecule has 0 atom stereocenters. The van der Waals surface area contributed by atoms with Crippen molar-refractivity contribution < 1.29 is 18.8 Å². The third-order valence-corrected chi connectivity index (χ3v) is 3.82. The fraction of sp³-hybridized carbons (Fsp3) is 0.278. The van der Waals surface area contributed by atoms with Gasteiger partial charge in [-0.05, 0) is 51.1 Å². The molecule has 0 saturated heterocycles. The van der Waals surface area contributed by atoms with Crippen molar-refractivity contribution in [3.05, 3.63) is 53.5 Å². The first-order valence-corrected chi connectivity index (χ1v) is 7.87. The minimum Gasteiger partial charge on any atom is -0.467 e. The van der Waals surface area contributed by atoms with Gasteiger partial charge in [0.2, 0.25) is 0 Å². The van der Waals surface area contributed by atoms with Gasteiger partial charge in [0.05, 0.1) is 23.9 Å². The number of anilines is 1. The third kappa shape index (κ3) is 3.26. The second-order valence-corrected chi connectivity index (χ2v) is 6.76. The molecule has 0 bridgehead atoms. The number of benzene rings is 1. The second-order valence-electron chi connectivity index (χ2n) is 6.76. The molecule has 4 amide bonds. The predicted octanol–water partition coefficient (Wildman–Crippen LogP) is 3.00. The maximum Gasteiger partial charge on any atom is 0.319 e. The first-order chi connectivity index (χ1) is 11.8. The van der Waals surface area contributed by atoms with Gasteiger partial charge in [-0.15, -0.1) is 0 Å². The molecule has 1 aromatic carbocycles. The zero-order chi connectivity index (χ0) is 18.2. The lowest BCUT2D eigenvalue weighted by Crippen LogP contribution is -2.45. The molecule has 2 heterocycles. The number of urea groups is 1. The highest BCUT2D eigenvalue weighted by Crippen LogP contribution is 2.30. The summed E-state index contributed by atoms with van der Waals surface area (Å²) in [5.41, 5.74) is 0.471. The Morgan fingerprint density at radius 2 is 1.84 bits per heavy atom. The second kappa shape index (κ2) is 6.08. The molecule has 2 aromatic rings. The van der Waals surface area contributed by atoms with E-state index in [0.717, 1.165) is 0 Å². The van der Waals surface area contributed by atoms with Gasteiger partial charge in [-0.1, -0.05) is 0 Å². The summed E-state index contributed by atoms with van der Waals surface area (Å²) in [6, 6.07) is 7.74. The van der Waals surface area contributed by atoms with E-state index in [-0.39, 0.29) is 18.4 Å². The van der Waals surface area contributed by atoms with Gasteiger partial charge in [0.15, 0.2) is 0 Å². The molecule has 1 aliphatic rings. The normalized spacial score (nSPS) is 13.8. The number of furan rings is 1. The van der Waals surface area contributed by atoms with Crippen molar-refractivity contribution in [2.75, 3.05) is 5.32 Å². The summed E-state index contributed by atoms with van der Waals surface area (Å²) in [7, 11) is 0. The lowest BCUT2D eigenvalue weighted by Gasteiger charge is -2.29. The summed E-state index contributed by atoms with van der Waals surface area (Å²) < 4.78 is 5.13. The average Bonchev–Trinajstić information content (AvgIpc) is 3.12. The molecule has 0 spiro atoms. The molecular weight excluding hydrogens is 322 g/mol. The summed E-state index contributed by atoms with van der Waals surface area (Å²) in [6.45, 7) is 5.65. The number of rotatable bonds is 3. The molecule has 0 radical (unpaired) electrons. The lowest BCUT2D eigenvalue weighted by atomic mass is 10.1. The number of amides is 4. The SMILES string of the molecule is CC(C)(C)N1C(=O)c2ccc(NC(=O)NCc3ccco3)cc2C1=O. The third-order valence-electron chi connectivity index (χ3n) is 3.82. The summed E-state index contributed by atoms with van der Waals surface area (Å²) >= 11 is 0. The van der Waals surface area contributed by atoms with E-state index in [0.29, 0.717) is 22.6 Å². The molecule has 25 heavy (non-hydrogen) atoms. The summed E-state index contributed by atoms with van der Waals surface area (Å²) in [4.78, 5) is 38.1. The predicted molar refractivity (Wildman–Crippen MR) is 91.3 cm³/mol. The van der Waals surface area contributed by atoms with Gasteiger partial charge < -0.3 is 15.1 Å². The molecule has 0 fully saturated rings. The van der Waals surface area contributed by atoms with Crippen molar-refractivity contribution in [3.8, 4) is 0 Å². The highest BCUT2D eigenvalue weighted by atomic mass is 16.3. The smallest absolute Gasteiger partial charge is 0.319 e. The summed E-state index contributed by atoms with van der Waals surface area (Å²) in [6.07, 6.45) is 1.53. The van der Waals surface area contributed by atoms with E-state index in [1.54, 1.807) is 45.0 Å². The Kier molecular flexibility index (Phi) is 4.08. The van der Waals surface area contributed by atoms with Gasteiger partial charge in [0.25, 0.3) is 11.8 Å². The topological polar surface area (TPSA) is 91.7 Å². The van der Waals surface area contributed by atoms with E-state index in [1.807, 2.05) is 0 Å². The van der Waals surface area contributed by atoms with Crippen LogP contribution in [-0.4, -0.2) is 28.3 Å². The number of carbonyl (C=O) groups is 3. The summed E-state index contributed by atoms with van der Waals surface area (Å²) in [5, 5.41) is 5.30. The van der Waals surface area contributed by atoms with Crippen molar-refractivity contribution in [2.24, 2.45) is 0 Å². The van der Waals surface area contributed by atoms with Crippen LogP contribution in [0.5, 0.6) is 0 Å². The molecule has 2 N–H and O–H groups in total. The monoisotopic (exact) mass is 341 g/mol. The Bertz CT molecular complexity index is 835. The van der Waals surface area contributed by atoms with Gasteiger partial charge in [-0.3, -0.25) is 14.5 Å². The maximum absolute atomic E-state index is 12.5. The van der Waals surface area contributed by atoms with Gasteiger partial charge >= 0.3 is 6.03 Å². The largest absolute Gasteiger partial charge is 0.467 e. The lowest BCUT2D eigenvalue weighted by molar-refractivity contribution is 0.0507. The number of imide groups is 1. The van der Waals surface area contributed by atoms with E-state index in [4.69, 9.17) is 4.42 Å². The zero-order valence-electron chi connectivity index (χ0n) is 14.3. The van der Waals surface area contributed by atoms with Crippen molar-refractivity contribution in [1.29, 1.82) is 0 Å². The minimum absolute atomic E-state index is 0.249. The van der Waals surface area contributed by atoms with Crippen LogP contribution in [-0.2, 0) is 6.54 Å². The number of nitrogens with one attached hydrogen (secondary N) is 2.